The molecule has 0 aliphatic heterocycles. The third-order valence-electron chi connectivity index (χ3n) is 3.72. The van der Waals surface area contributed by atoms with Gasteiger partial charge < -0.3 is 9.15 Å². The van der Waals surface area contributed by atoms with Gasteiger partial charge in [0.05, 0.1) is 6.61 Å². The van der Waals surface area contributed by atoms with Crippen LogP contribution in [0.4, 0.5) is 0 Å². The van der Waals surface area contributed by atoms with E-state index in [1.807, 2.05) is 66.7 Å². The minimum Gasteiger partial charge on any atom is -0.450 e. The molecule has 3 heteroatoms. The topological polar surface area (TPSA) is 35.3 Å². The molecule has 0 saturated heterocycles. The van der Waals surface area contributed by atoms with E-state index in [1.54, 1.807) is 0 Å². The van der Waals surface area contributed by atoms with Crippen LogP contribution in [0.1, 0.15) is 19.3 Å². The monoisotopic (exact) mass is 319 g/mol. The van der Waals surface area contributed by atoms with Gasteiger partial charge in [0.1, 0.15) is 5.69 Å². The van der Waals surface area contributed by atoms with Crippen molar-refractivity contribution in [2.45, 2.75) is 19.3 Å². The van der Waals surface area contributed by atoms with Gasteiger partial charge in [-0.15, -0.1) is 6.58 Å². The van der Waals surface area contributed by atoms with Crippen LogP contribution >= 0.6 is 0 Å². The molecular weight excluding hydrogens is 298 g/mol. The van der Waals surface area contributed by atoms with Gasteiger partial charge in [0.2, 0.25) is 0 Å². The quantitative estimate of drug-likeness (QED) is 0.392. The first-order valence-electron chi connectivity index (χ1n) is 8.24. The van der Waals surface area contributed by atoms with Gasteiger partial charge in [-0.1, -0.05) is 66.7 Å². The number of allylic oxidation sites excluding steroid dienone is 1. The van der Waals surface area contributed by atoms with E-state index < -0.39 is 0 Å². The van der Waals surface area contributed by atoms with E-state index in [0.29, 0.717) is 12.7 Å². The molecule has 0 fully saturated rings. The maximum Gasteiger partial charge on any atom is 0.394 e. The largest absolute Gasteiger partial charge is 0.450 e. The highest BCUT2D eigenvalue weighted by Gasteiger charge is 2.17. The third-order valence-corrected chi connectivity index (χ3v) is 3.72. The molecule has 1 aromatic heterocycles. The zero-order valence-corrected chi connectivity index (χ0v) is 13.7. The maximum absolute atomic E-state index is 5.91. The predicted molar refractivity (Wildman–Crippen MR) is 96.9 cm³/mol. The normalized spacial score (nSPS) is 10.5. The molecule has 0 bridgehead atoms. The zero-order valence-electron chi connectivity index (χ0n) is 13.7. The minimum absolute atomic E-state index is 0.325. The third kappa shape index (κ3) is 3.93. The number of hydrogen-bond acceptors (Lipinski definition) is 3. The standard InChI is InChI=1S/C21H21NO2/c1-2-3-4-11-16-23-21-22-19(17-12-7-5-8-13-17)20(24-21)18-14-9-6-10-15-18/h2,5-10,12-15H,1,3-4,11,16H2. The Labute approximate surface area is 142 Å². The Hall–Kier alpha value is -2.81. The van der Waals surface area contributed by atoms with Crippen molar-refractivity contribution in [1.29, 1.82) is 0 Å². The molecule has 0 N–H and O–H groups in total. The first-order chi connectivity index (χ1) is 11.9. The molecule has 24 heavy (non-hydrogen) atoms. The number of ether oxygens (including phenoxy) is 1. The zero-order chi connectivity index (χ0) is 16.6. The Morgan fingerprint density at radius 2 is 1.58 bits per heavy atom. The van der Waals surface area contributed by atoms with Crippen molar-refractivity contribution >= 4 is 0 Å². The Morgan fingerprint density at radius 1 is 0.917 bits per heavy atom. The number of hydrogen-bond donors (Lipinski definition) is 0. The molecule has 0 amide bonds. The molecule has 0 spiro atoms. The lowest BCUT2D eigenvalue weighted by Gasteiger charge is -2.00. The maximum atomic E-state index is 5.91. The molecule has 3 nitrogen and oxygen atoms in total. The van der Waals surface area contributed by atoms with Gasteiger partial charge in [0.15, 0.2) is 5.76 Å². The number of aromatic nitrogens is 1. The van der Waals surface area contributed by atoms with Crippen LogP contribution in [0.5, 0.6) is 6.08 Å². The van der Waals surface area contributed by atoms with Crippen LogP contribution in [0.15, 0.2) is 77.7 Å². The molecule has 1 heterocycles. The van der Waals surface area contributed by atoms with Gasteiger partial charge in [-0.05, 0) is 19.3 Å². The van der Waals surface area contributed by atoms with Gasteiger partial charge >= 0.3 is 6.08 Å². The van der Waals surface area contributed by atoms with Crippen LogP contribution in [-0.4, -0.2) is 11.6 Å². The van der Waals surface area contributed by atoms with Gasteiger partial charge in [0, 0.05) is 11.1 Å². The molecule has 3 aromatic rings. The van der Waals surface area contributed by atoms with Gasteiger partial charge in [-0.3, -0.25) is 0 Å². The smallest absolute Gasteiger partial charge is 0.394 e. The van der Waals surface area contributed by atoms with Crippen LogP contribution in [0.2, 0.25) is 0 Å². The summed E-state index contributed by atoms with van der Waals surface area (Å²) in [5.74, 6) is 0.739. The van der Waals surface area contributed by atoms with Gasteiger partial charge in [-0.25, -0.2) is 0 Å². The lowest BCUT2D eigenvalue weighted by atomic mass is 10.1. The molecular formula is C21H21NO2. The average molecular weight is 319 g/mol. The number of benzene rings is 2. The van der Waals surface area contributed by atoms with E-state index in [-0.39, 0.29) is 0 Å². The molecule has 0 radical (unpaired) electrons. The first kappa shape index (κ1) is 16.1. The van der Waals surface area contributed by atoms with E-state index in [2.05, 4.69) is 11.6 Å². The summed E-state index contributed by atoms with van der Waals surface area (Å²) in [4.78, 5) is 4.57. The second-order valence-corrected chi connectivity index (χ2v) is 5.52. The second-order valence-electron chi connectivity index (χ2n) is 5.52. The summed E-state index contributed by atoms with van der Waals surface area (Å²) < 4.78 is 11.6. The van der Waals surface area contributed by atoms with Crippen LogP contribution in [0.3, 0.4) is 0 Å². The Bertz CT molecular complexity index is 706. The number of unbranched alkanes of at least 4 members (excludes halogenated alkanes) is 2. The predicted octanol–water partition coefficient (Wildman–Crippen LogP) is 5.74. The van der Waals surface area contributed by atoms with Crippen LogP contribution < -0.4 is 4.74 Å². The Balaban J connectivity index is 1.84. The van der Waals surface area contributed by atoms with Crippen molar-refractivity contribution in [3.05, 3.63) is 73.3 Å². The van der Waals surface area contributed by atoms with Crippen molar-refractivity contribution in [2.75, 3.05) is 6.61 Å². The summed E-state index contributed by atoms with van der Waals surface area (Å²) in [5.41, 5.74) is 2.81. The molecule has 3 rings (SSSR count). The summed E-state index contributed by atoms with van der Waals surface area (Å²) in [6, 6.07) is 20.0. The van der Waals surface area contributed by atoms with E-state index in [4.69, 9.17) is 9.15 Å². The Kier molecular flexibility index (Phi) is 5.46. The molecule has 0 saturated carbocycles. The van der Waals surface area contributed by atoms with Crippen LogP contribution in [0, 0.1) is 0 Å². The highest BCUT2D eigenvalue weighted by atomic mass is 16.6. The molecule has 122 valence electrons. The molecule has 0 unspecified atom stereocenters. The average Bonchev–Trinajstić information content (AvgIpc) is 3.07. The van der Waals surface area contributed by atoms with E-state index in [0.717, 1.165) is 41.8 Å². The van der Waals surface area contributed by atoms with E-state index in [9.17, 15) is 0 Å². The van der Waals surface area contributed by atoms with Crippen LogP contribution in [-0.2, 0) is 0 Å². The SMILES string of the molecule is C=CCCCCOc1nc(-c2ccccc2)c(-c2ccccc2)o1. The summed E-state index contributed by atoms with van der Waals surface area (Å²) in [5, 5.41) is 0. The summed E-state index contributed by atoms with van der Waals surface area (Å²) in [6.07, 6.45) is 5.26. The van der Waals surface area contributed by atoms with E-state index >= 15 is 0 Å². The van der Waals surface area contributed by atoms with Crippen molar-refractivity contribution in [1.82, 2.24) is 4.98 Å². The molecule has 0 aliphatic carbocycles. The summed E-state index contributed by atoms with van der Waals surface area (Å²) >= 11 is 0. The summed E-state index contributed by atoms with van der Waals surface area (Å²) in [7, 11) is 0. The van der Waals surface area contributed by atoms with Crippen molar-refractivity contribution in [3.63, 3.8) is 0 Å². The Morgan fingerprint density at radius 3 is 2.25 bits per heavy atom. The van der Waals surface area contributed by atoms with Crippen molar-refractivity contribution in [3.8, 4) is 28.7 Å². The summed E-state index contributed by atoms with van der Waals surface area (Å²) in [6.45, 7) is 4.32. The minimum atomic E-state index is 0.325. The first-order valence-corrected chi connectivity index (χ1v) is 8.24. The van der Waals surface area contributed by atoms with Gasteiger partial charge in [-0.2, -0.15) is 4.98 Å². The molecule has 2 aromatic carbocycles. The highest BCUT2D eigenvalue weighted by molar-refractivity contribution is 5.77. The number of oxazole rings is 1. The number of rotatable bonds is 8. The lowest BCUT2D eigenvalue weighted by molar-refractivity contribution is 0.227. The lowest BCUT2D eigenvalue weighted by Crippen LogP contribution is -1.97. The van der Waals surface area contributed by atoms with Crippen LogP contribution in [0.25, 0.3) is 22.6 Å². The number of nitrogens with zero attached hydrogens (tertiary/aromatic N) is 1. The van der Waals surface area contributed by atoms with Crippen molar-refractivity contribution in [2.24, 2.45) is 0 Å². The van der Waals surface area contributed by atoms with E-state index in [1.165, 1.54) is 0 Å². The fourth-order valence-corrected chi connectivity index (χ4v) is 2.49. The molecule has 0 atom stereocenters. The molecule has 0 aliphatic rings. The van der Waals surface area contributed by atoms with Gasteiger partial charge in [0.25, 0.3) is 0 Å². The fourth-order valence-electron chi connectivity index (χ4n) is 2.49. The highest BCUT2D eigenvalue weighted by Crippen LogP contribution is 2.34. The second kappa shape index (κ2) is 8.16. The van der Waals surface area contributed by atoms with Crippen molar-refractivity contribution < 1.29 is 9.15 Å². The fraction of sp³-hybridized carbons (Fsp3) is 0.190.